The molecule has 0 bridgehead atoms. The second-order valence-corrected chi connectivity index (χ2v) is 7.27. The summed E-state index contributed by atoms with van der Waals surface area (Å²) in [5, 5.41) is 6.01. The maximum Gasteiger partial charge on any atom is 0.416 e. The van der Waals surface area contributed by atoms with Gasteiger partial charge >= 0.3 is 6.18 Å². The normalized spacial score (nSPS) is 19.4. The minimum absolute atomic E-state index is 0.0123. The van der Waals surface area contributed by atoms with Crippen LogP contribution in [-0.2, 0) is 11.0 Å². The van der Waals surface area contributed by atoms with Gasteiger partial charge in [0, 0.05) is 37.2 Å². The zero-order valence-electron chi connectivity index (χ0n) is 15.5. The van der Waals surface area contributed by atoms with Crippen LogP contribution in [0.1, 0.15) is 18.9 Å². The van der Waals surface area contributed by atoms with Crippen molar-refractivity contribution in [2.45, 2.75) is 19.5 Å². The van der Waals surface area contributed by atoms with Crippen LogP contribution in [0.4, 0.5) is 19.0 Å². The van der Waals surface area contributed by atoms with Crippen LogP contribution < -0.4 is 10.6 Å². The molecule has 1 aliphatic rings. The average Bonchev–Trinajstić information content (AvgIpc) is 3.04. The minimum atomic E-state index is -4.39. The Labute approximate surface area is 164 Å². The second kappa shape index (κ2) is 6.98. The molecule has 2 N–H and O–H groups in total. The number of rotatable bonds is 4. The molecule has 29 heavy (non-hydrogen) atoms. The van der Waals surface area contributed by atoms with Gasteiger partial charge in [0.15, 0.2) is 5.82 Å². The highest BCUT2D eigenvalue weighted by Gasteiger charge is 2.37. The van der Waals surface area contributed by atoms with Gasteiger partial charge in [0.1, 0.15) is 11.0 Å². The smallest absolute Gasteiger partial charge is 0.367 e. The van der Waals surface area contributed by atoms with Crippen LogP contribution in [0, 0.1) is 5.41 Å². The van der Waals surface area contributed by atoms with Crippen LogP contribution >= 0.6 is 0 Å². The highest BCUT2D eigenvalue weighted by molar-refractivity contribution is 5.96. The number of amides is 1. The van der Waals surface area contributed by atoms with Crippen molar-refractivity contribution in [2.75, 3.05) is 18.4 Å². The Morgan fingerprint density at radius 3 is 2.41 bits per heavy atom. The standard InChI is InChI=1S/C20H18F3N5O/c1-19(6-7-26-18(19)29)11-28-17-16-15(24-8-9-25-16)14(10-27-17)12-2-4-13(5-3-12)20(21,22)23/h2-5,8-10H,6-7,11H2,1H3,(H,26,29)(H,27,28)/t19-/m1/s1. The third-order valence-electron chi connectivity index (χ3n) is 5.18. The molecule has 3 heterocycles. The third kappa shape index (κ3) is 3.59. The molecule has 4 rings (SSSR count). The summed E-state index contributed by atoms with van der Waals surface area (Å²) in [6.07, 6.45) is 0.918. The SMILES string of the molecule is C[C@]1(CNc2ncc(-c3ccc(C(F)(F)F)cc3)c3nccnc23)CCNC1=O. The van der Waals surface area contributed by atoms with E-state index in [-0.39, 0.29) is 5.91 Å². The maximum atomic E-state index is 12.8. The molecule has 1 fully saturated rings. The Kier molecular flexibility index (Phi) is 4.60. The topological polar surface area (TPSA) is 79.8 Å². The number of benzene rings is 1. The van der Waals surface area contributed by atoms with Gasteiger partial charge in [-0.25, -0.2) is 9.97 Å². The number of nitrogens with one attached hydrogen (secondary N) is 2. The first kappa shape index (κ1) is 19.1. The number of pyridine rings is 1. The molecular weight excluding hydrogens is 383 g/mol. The van der Waals surface area contributed by atoms with Crippen LogP contribution in [-0.4, -0.2) is 33.9 Å². The molecule has 3 aromatic rings. The van der Waals surface area contributed by atoms with E-state index in [0.717, 1.165) is 12.1 Å². The number of alkyl halides is 3. The lowest BCUT2D eigenvalue weighted by atomic mass is 9.89. The van der Waals surface area contributed by atoms with Crippen molar-refractivity contribution in [3.63, 3.8) is 0 Å². The Balaban J connectivity index is 1.68. The van der Waals surface area contributed by atoms with Crippen LogP contribution in [0.2, 0.25) is 0 Å². The predicted molar refractivity (Wildman–Crippen MR) is 102 cm³/mol. The lowest BCUT2D eigenvalue weighted by Gasteiger charge is -2.21. The molecular formula is C20H18F3N5O. The van der Waals surface area contributed by atoms with Crippen molar-refractivity contribution in [3.8, 4) is 11.1 Å². The summed E-state index contributed by atoms with van der Waals surface area (Å²) < 4.78 is 38.5. The number of carbonyl (C=O) groups is 1. The zero-order valence-corrected chi connectivity index (χ0v) is 15.5. The van der Waals surface area contributed by atoms with Crippen LogP contribution in [0.15, 0.2) is 42.9 Å². The summed E-state index contributed by atoms with van der Waals surface area (Å²) in [7, 11) is 0. The van der Waals surface area contributed by atoms with E-state index < -0.39 is 17.2 Å². The lowest BCUT2D eigenvalue weighted by Crippen LogP contribution is -2.34. The van der Waals surface area contributed by atoms with Gasteiger partial charge in [-0.1, -0.05) is 12.1 Å². The molecule has 0 spiro atoms. The number of aromatic nitrogens is 3. The summed E-state index contributed by atoms with van der Waals surface area (Å²) in [6.45, 7) is 2.90. The fourth-order valence-corrected chi connectivity index (χ4v) is 3.37. The molecule has 1 aliphatic heterocycles. The number of nitrogens with zero attached hydrogens (tertiary/aromatic N) is 3. The average molecular weight is 401 g/mol. The minimum Gasteiger partial charge on any atom is -0.367 e. The number of carbonyl (C=O) groups excluding carboxylic acids is 1. The Hall–Kier alpha value is -3.23. The van der Waals surface area contributed by atoms with E-state index in [2.05, 4.69) is 25.6 Å². The summed E-state index contributed by atoms with van der Waals surface area (Å²) in [4.78, 5) is 25.1. The van der Waals surface area contributed by atoms with Crippen molar-refractivity contribution in [2.24, 2.45) is 5.41 Å². The number of anilines is 1. The Morgan fingerprint density at radius 1 is 1.10 bits per heavy atom. The second-order valence-electron chi connectivity index (χ2n) is 7.27. The van der Waals surface area contributed by atoms with Crippen molar-refractivity contribution in [1.29, 1.82) is 0 Å². The third-order valence-corrected chi connectivity index (χ3v) is 5.18. The summed E-state index contributed by atoms with van der Waals surface area (Å²) in [6, 6.07) is 4.85. The van der Waals surface area contributed by atoms with E-state index in [0.29, 0.717) is 47.5 Å². The van der Waals surface area contributed by atoms with Gasteiger partial charge in [-0.2, -0.15) is 13.2 Å². The fourth-order valence-electron chi connectivity index (χ4n) is 3.37. The van der Waals surface area contributed by atoms with Crippen molar-refractivity contribution < 1.29 is 18.0 Å². The van der Waals surface area contributed by atoms with Crippen molar-refractivity contribution >= 4 is 22.8 Å². The molecule has 0 radical (unpaired) electrons. The molecule has 150 valence electrons. The highest BCUT2D eigenvalue weighted by atomic mass is 19.4. The summed E-state index contributed by atoms with van der Waals surface area (Å²) in [5.41, 5.74) is 0.896. The fraction of sp³-hybridized carbons (Fsp3) is 0.300. The zero-order chi connectivity index (χ0) is 20.6. The number of halogens is 3. The van der Waals surface area contributed by atoms with Gasteiger partial charge in [0.25, 0.3) is 0 Å². The molecule has 1 atom stereocenters. The van der Waals surface area contributed by atoms with Gasteiger partial charge < -0.3 is 10.6 Å². The van der Waals surface area contributed by atoms with Gasteiger partial charge in [-0.3, -0.25) is 9.78 Å². The van der Waals surface area contributed by atoms with E-state index in [4.69, 9.17) is 0 Å². The number of hydrogen-bond acceptors (Lipinski definition) is 5. The highest BCUT2D eigenvalue weighted by Crippen LogP contribution is 2.34. The van der Waals surface area contributed by atoms with Crippen LogP contribution in [0.25, 0.3) is 22.2 Å². The first-order chi connectivity index (χ1) is 13.8. The molecule has 0 saturated carbocycles. The molecule has 1 amide bonds. The predicted octanol–water partition coefficient (Wildman–Crippen LogP) is 3.65. The summed E-state index contributed by atoms with van der Waals surface area (Å²) >= 11 is 0. The quantitative estimate of drug-likeness (QED) is 0.698. The van der Waals surface area contributed by atoms with E-state index in [1.807, 2.05) is 6.92 Å². The van der Waals surface area contributed by atoms with E-state index in [1.165, 1.54) is 24.5 Å². The van der Waals surface area contributed by atoms with Crippen LogP contribution in [0.3, 0.4) is 0 Å². The van der Waals surface area contributed by atoms with Gasteiger partial charge in [-0.05, 0) is 31.0 Å². The molecule has 2 aromatic heterocycles. The van der Waals surface area contributed by atoms with E-state index >= 15 is 0 Å². The largest absolute Gasteiger partial charge is 0.416 e. The van der Waals surface area contributed by atoms with Crippen LogP contribution in [0.5, 0.6) is 0 Å². The van der Waals surface area contributed by atoms with Gasteiger partial charge in [0.2, 0.25) is 5.91 Å². The molecule has 0 aliphatic carbocycles. The number of fused-ring (bicyclic) bond motifs is 1. The Morgan fingerprint density at radius 2 is 1.79 bits per heavy atom. The molecule has 1 saturated heterocycles. The Bertz CT molecular complexity index is 1070. The maximum absolute atomic E-state index is 12.8. The molecule has 9 heteroatoms. The van der Waals surface area contributed by atoms with Gasteiger partial charge in [-0.15, -0.1) is 0 Å². The number of hydrogen-bond donors (Lipinski definition) is 2. The lowest BCUT2D eigenvalue weighted by molar-refractivity contribution is -0.137. The molecule has 6 nitrogen and oxygen atoms in total. The molecule has 0 unspecified atom stereocenters. The first-order valence-corrected chi connectivity index (χ1v) is 9.07. The molecule has 1 aromatic carbocycles. The van der Waals surface area contributed by atoms with Crippen molar-refractivity contribution in [3.05, 3.63) is 48.4 Å². The van der Waals surface area contributed by atoms with Crippen molar-refractivity contribution in [1.82, 2.24) is 20.3 Å². The van der Waals surface area contributed by atoms with Gasteiger partial charge in [0.05, 0.1) is 11.0 Å². The summed E-state index contributed by atoms with van der Waals surface area (Å²) in [5.74, 6) is 0.464. The van der Waals surface area contributed by atoms with E-state index in [9.17, 15) is 18.0 Å². The first-order valence-electron chi connectivity index (χ1n) is 9.07. The monoisotopic (exact) mass is 401 g/mol. The van der Waals surface area contributed by atoms with E-state index in [1.54, 1.807) is 6.20 Å².